The van der Waals surface area contributed by atoms with Crippen LogP contribution in [0.15, 0.2) is 136 Å². The summed E-state index contributed by atoms with van der Waals surface area (Å²) in [5.74, 6) is 0. The molecule has 0 aliphatic carbocycles. The van der Waals surface area contributed by atoms with Crippen molar-refractivity contribution in [3.63, 3.8) is 0 Å². The Bertz CT molecular complexity index is 2100. The van der Waals surface area contributed by atoms with Gasteiger partial charge in [-0.2, -0.15) is 0 Å². The second kappa shape index (κ2) is 7.74. The third-order valence-corrected chi connectivity index (χ3v) is 7.26. The highest BCUT2D eigenvalue weighted by atomic mass is 16.3. The first-order valence-corrected chi connectivity index (χ1v) is 12.5. The van der Waals surface area contributed by atoms with Crippen molar-refractivity contribution in [1.82, 2.24) is 0 Å². The summed E-state index contributed by atoms with van der Waals surface area (Å²) >= 11 is 0. The lowest BCUT2D eigenvalue weighted by molar-refractivity contribution is 0.669. The molecule has 3 heteroatoms. The number of hydrogen-bond donors (Lipinski definition) is 0. The smallest absolute Gasteiger partial charge is 0.143 e. The standard InChI is InChI=1S/C34H21NO2/c1-2-10-22(11-3-1)35(29-16-9-19-32-33(29)27-13-5-7-18-31(27)36-32)28-15-8-14-25-23(28)20-21-26-24-12-4-6-17-30(24)37-34(25)26/h1-21H. The zero-order valence-corrected chi connectivity index (χ0v) is 19.9. The van der Waals surface area contributed by atoms with Gasteiger partial charge in [0, 0.05) is 32.6 Å². The van der Waals surface area contributed by atoms with Gasteiger partial charge in [0.1, 0.15) is 22.3 Å². The Morgan fingerprint density at radius 1 is 0.378 bits per heavy atom. The molecule has 0 aliphatic rings. The first kappa shape index (κ1) is 20.2. The molecule has 0 unspecified atom stereocenters. The number of anilines is 3. The highest BCUT2D eigenvalue weighted by Crippen LogP contribution is 2.46. The molecule has 8 aromatic rings. The van der Waals surface area contributed by atoms with E-state index in [2.05, 4.69) is 102 Å². The number of benzene rings is 6. The third-order valence-electron chi connectivity index (χ3n) is 7.26. The number of hydrogen-bond acceptors (Lipinski definition) is 3. The summed E-state index contributed by atoms with van der Waals surface area (Å²) in [5, 5.41) is 6.70. The van der Waals surface area contributed by atoms with Gasteiger partial charge in [0.15, 0.2) is 0 Å². The van der Waals surface area contributed by atoms with Crippen LogP contribution < -0.4 is 4.90 Å². The van der Waals surface area contributed by atoms with Crippen LogP contribution in [0.4, 0.5) is 17.1 Å². The molecule has 0 fully saturated rings. The Hall–Kier alpha value is -5.02. The van der Waals surface area contributed by atoms with E-state index in [1.807, 2.05) is 30.3 Å². The monoisotopic (exact) mass is 475 g/mol. The van der Waals surface area contributed by atoms with E-state index in [1.165, 1.54) is 0 Å². The zero-order chi connectivity index (χ0) is 24.3. The second-order valence-corrected chi connectivity index (χ2v) is 9.33. The van der Waals surface area contributed by atoms with E-state index in [9.17, 15) is 0 Å². The molecule has 0 aliphatic heterocycles. The van der Waals surface area contributed by atoms with E-state index >= 15 is 0 Å². The van der Waals surface area contributed by atoms with Gasteiger partial charge in [-0.1, -0.05) is 78.9 Å². The van der Waals surface area contributed by atoms with Crippen molar-refractivity contribution in [3.8, 4) is 0 Å². The van der Waals surface area contributed by atoms with E-state index in [0.717, 1.165) is 71.7 Å². The molecule has 0 saturated heterocycles. The molecule has 0 saturated carbocycles. The van der Waals surface area contributed by atoms with Crippen LogP contribution in [-0.2, 0) is 0 Å². The maximum absolute atomic E-state index is 6.39. The number of nitrogens with zero attached hydrogens (tertiary/aromatic N) is 1. The molecule has 8 rings (SSSR count). The van der Waals surface area contributed by atoms with Gasteiger partial charge >= 0.3 is 0 Å². The summed E-state index contributed by atoms with van der Waals surface area (Å²) in [4.78, 5) is 2.33. The van der Waals surface area contributed by atoms with Gasteiger partial charge in [-0.15, -0.1) is 0 Å². The predicted octanol–water partition coefficient (Wildman–Crippen LogP) is 10.1. The summed E-state index contributed by atoms with van der Waals surface area (Å²) < 4.78 is 12.6. The van der Waals surface area contributed by atoms with E-state index in [-0.39, 0.29) is 0 Å². The molecule has 3 nitrogen and oxygen atoms in total. The minimum absolute atomic E-state index is 0.875. The van der Waals surface area contributed by atoms with Crippen molar-refractivity contribution in [2.45, 2.75) is 0 Å². The molecule has 37 heavy (non-hydrogen) atoms. The number of furan rings is 2. The highest BCUT2D eigenvalue weighted by molar-refractivity contribution is 6.19. The summed E-state index contributed by atoms with van der Waals surface area (Å²) in [6, 6.07) is 44.2. The quantitative estimate of drug-likeness (QED) is 0.255. The molecule has 0 N–H and O–H groups in total. The average molecular weight is 476 g/mol. The van der Waals surface area contributed by atoms with Gasteiger partial charge in [0.25, 0.3) is 0 Å². The molecule has 174 valence electrons. The lowest BCUT2D eigenvalue weighted by Gasteiger charge is -2.27. The van der Waals surface area contributed by atoms with Crippen LogP contribution in [0.2, 0.25) is 0 Å². The summed E-state index contributed by atoms with van der Waals surface area (Å²) in [7, 11) is 0. The number of para-hydroxylation sites is 3. The minimum atomic E-state index is 0.875. The van der Waals surface area contributed by atoms with Crippen LogP contribution >= 0.6 is 0 Å². The van der Waals surface area contributed by atoms with Crippen LogP contribution in [0.1, 0.15) is 0 Å². The Kier molecular flexibility index (Phi) is 4.23. The van der Waals surface area contributed by atoms with Crippen molar-refractivity contribution < 1.29 is 8.83 Å². The van der Waals surface area contributed by atoms with Crippen LogP contribution in [0, 0.1) is 0 Å². The Morgan fingerprint density at radius 3 is 1.84 bits per heavy atom. The highest BCUT2D eigenvalue weighted by Gasteiger charge is 2.21. The summed E-state index contributed by atoms with van der Waals surface area (Å²) in [5.41, 5.74) is 6.83. The lowest BCUT2D eigenvalue weighted by Crippen LogP contribution is -2.10. The van der Waals surface area contributed by atoms with E-state index in [4.69, 9.17) is 8.83 Å². The minimum Gasteiger partial charge on any atom is -0.456 e. The number of fused-ring (bicyclic) bond motifs is 8. The average Bonchev–Trinajstić information content (AvgIpc) is 3.53. The Morgan fingerprint density at radius 2 is 0.973 bits per heavy atom. The first-order valence-electron chi connectivity index (χ1n) is 12.5. The van der Waals surface area contributed by atoms with Crippen LogP contribution in [0.3, 0.4) is 0 Å². The van der Waals surface area contributed by atoms with Crippen LogP contribution in [0.5, 0.6) is 0 Å². The normalized spacial score (nSPS) is 11.8. The largest absolute Gasteiger partial charge is 0.456 e. The topological polar surface area (TPSA) is 29.5 Å². The van der Waals surface area contributed by atoms with Gasteiger partial charge in [0.05, 0.1) is 16.8 Å². The molecule has 0 atom stereocenters. The Balaban J connectivity index is 1.48. The summed E-state index contributed by atoms with van der Waals surface area (Å²) in [6.07, 6.45) is 0. The van der Waals surface area contributed by atoms with Gasteiger partial charge in [-0.05, 0) is 48.5 Å². The second-order valence-electron chi connectivity index (χ2n) is 9.33. The van der Waals surface area contributed by atoms with Gasteiger partial charge in [-0.25, -0.2) is 0 Å². The number of rotatable bonds is 3. The van der Waals surface area contributed by atoms with Crippen LogP contribution in [-0.4, -0.2) is 0 Å². The molecular weight excluding hydrogens is 454 g/mol. The van der Waals surface area contributed by atoms with Crippen molar-refractivity contribution in [3.05, 3.63) is 127 Å². The fourth-order valence-electron chi connectivity index (χ4n) is 5.65. The summed E-state index contributed by atoms with van der Waals surface area (Å²) in [6.45, 7) is 0. The SMILES string of the molecule is c1ccc(N(c2cccc3c2ccc2c4ccccc4oc32)c2cccc3oc4ccccc4c23)cc1. The van der Waals surface area contributed by atoms with Crippen molar-refractivity contribution in [2.24, 2.45) is 0 Å². The molecule has 0 spiro atoms. The maximum Gasteiger partial charge on any atom is 0.143 e. The maximum atomic E-state index is 6.39. The first-order chi connectivity index (χ1) is 18.4. The van der Waals surface area contributed by atoms with Gasteiger partial charge in [-0.3, -0.25) is 0 Å². The molecule has 2 aromatic heterocycles. The van der Waals surface area contributed by atoms with Gasteiger partial charge < -0.3 is 13.7 Å². The fraction of sp³-hybridized carbons (Fsp3) is 0. The van der Waals surface area contributed by atoms with Crippen LogP contribution in [0.25, 0.3) is 54.6 Å². The molecule has 0 bridgehead atoms. The lowest BCUT2D eigenvalue weighted by atomic mass is 10.0. The Labute approximate surface area is 212 Å². The molecule has 0 amide bonds. The fourth-order valence-corrected chi connectivity index (χ4v) is 5.65. The van der Waals surface area contributed by atoms with Crippen molar-refractivity contribution >= 4 is 71.7 Å². The van der Waals surface area contributed by atoms with E-state index < -0.39 is 0 Å². The predicted molar refractivity (Wildman–Crippen MR) is 153 cm³/mol. The zero-order valence-electron chi connectivity index (χ0n) is 19.9. The molecule has 0 radical (unpaired) electrons. The van der Waals surface area contributed by atoms with E-state index in [0.29, 0.717) is 0 Å². The van der Waals surface area contributed by atoms with E-state index in [1.54, 1.807) is 0 Å². The molecule has 2 heterocycles. The molecular formula is C34H21NO2. The van der Waals surface area contributed by atoms with Crippen molar-refractivity contribution in [1.29, 1.82) is 0 Å². The molecule has 6 aromatic carbocycles. The third kappa shape index (κ3) is 2.95. The van der Waals surface area contributed by atoms with Crippen molar-refractivity contribution in [2.75, 3.05) is 4.90 Å². The van der Waals surface area contributed by atoms with Gasteiger partial charge in [0.2, 0.25) is 0 Å².